The van der Waals surface area contributed by atoms with Crippen molar-refractivity contribution < 1.29 is 14.6 Å². The number of benzene rings is 2. The van der Waals surface area contributed by atoms with Crippen LogP contribution >= 0.6 is 0 Å². The number of imidazole rings is 1. The third-order valence-electron chi connectivity index (χ3n) is 5.90. The molecule has 172 valence electrons. The number of aromatic nitrogens is 3. The molecule has 3 aromatic heterocycles. The van der Waals surface area contributed by atoms with Crippen LogP contribution in [0.15, 0.2) is 73.2 Å². The van der Waals surface area contributed by atoms with E-state index >= 15 is 0 Å². The standard InChI is InChI=1S/C26H25N5O3/c1-30(13-14-34-2)26(33)17-3-6-20(7-4-17)29-22-9-10-23(31-12-11-27-24(22)31)18-5-8-21-19(15-18)16-28-25(21)32/h3-12,15-16,28-29,32H,13-14H2,1-2H3. The van der Waals surface area contributed by atoms with E-state index in [1.807, 2.05) is 65.2 Å². The van der Waals surface area contributed by atoms with E-state index in [-0.39, 0.29) is 11.8 Å². The number of aromatic hydroxyl groups is 1. The van der Waals surface area contributed by atoms with Gasteiger partial charge < -0.3 is 25.0 Å². The number of nitrogens with one attached hydrogen (secondary N) is 2. The molecule has 2 aromatic carbocycles. The predicted octanol–water partition coefficient (Wildman–Crippen LogP) is 4.65. The Morgan fingerprint density at radius 2 is 2.00 bits per heavy atom. The number of aromatic amines is 1. The number of hydrogen-bond donors (Lipinski definition) is 3. The molecule has 0 bridgehead atoms. The SMILES string of the molecule is COCCN(C)C(=O)c1ccc(Nc2ccc(-c3ccc4c(O)[nH]cc4c3)n3ccnc23)cc1. The van der Waals surface area contributed by atoms with Gasteiger partial charge in [-0.1, -0.05) is 6.07 Å². The summed E-state index contributed by atoms with van der Waals surface area (Å²) < 4.78 is 7.07. The summed E-state index contributed by atoms with van der Waals surface area (Å²) in [7, 11) is 3.38. The Hall–Kier alpha value is -4.30. The minimum absolute atomic E-state index is 0.0451. The van der Waals surface area contributed by atoms with Crippen molar-refractivity contribution in [3.8, 4) is 17.1 Å². The molecule has 0 fully saturated rings. The van der Waals surface area contributed by atoms with Crippen LogP contribution in [0.25, 0.3) is 27.7 Å². The lowest BCUT2D eigenvalue weighted by Gasteiger charge is -2.17. The Labute approximate surface area is 196 Å². The molecular weight excluding hydrogens is 430 g/mol. The van der Waals surface area contributed by atoms with Gasteiger partial charge in [-0.05, 0) is 54.1 Å². The van der Waals surface area contributed by atoms with Gasteiger partial charge in [-0.25, -0.2) is 4.98 Å². The highest BCUT2D eigenvalue weighted by Crippen LogP contribution is 2.31. The van der Waals surface area contributed by atoms with Gasteiger partial charge in [0.05, 0.1) is 18.0 Å². The smallest absolute Gasteiger partial charge is 0.253 e. The van der Waals surface area contributed by atoms with Crippen molar-refractivity contribution >= 4 is 33.7 Å². The van der Waals surface area contributed by atoms with Crippen LogP contribution in [0.5, 0.6) is 5.88 Å². The van der Waals surface area contributed by atoms with Crippen molar-refractivity contribution in [1.29, 1.82) is 0 Å². The first-order chi connectivity index (χ1) is 16.5. The Kier molecular flexibility index (Phi) is 5.65. The summed E-state index contributed by atoms with van der Waals surface area (Å²) in [6, 6.07) is 17.3. The Morgan fingerprint density at radius 3 is 2.79 bits per heavy atom. The number of carbonyl (C=O) groups is 1. The molecule has 0 aliphatic carbocycles. The molecule has 0 saturated carbocycles. The zero-order valence-corrected chi connectivity index (χ0v) is 18.9. The lowest BCUT2D eigenvalue weighted by Crippen LogP contribution is -2.29. The zero-order chi connectivity index (χ0) is 23.7. The molecule has 5 aromatic rings. The molecule has 0 atom stereocenters. The molecule has 1 amide bonds. The monoisotopic (exact) mass is 455 g/mol. The van der Waals surface area contributed by atoms with Crippen LogP contribution in [0.1, 0.15) is 10.4 Å². The number of pyridine rings is 1. The Morgan fingerprint density at radius 1 is 1.18 bits per heavy atom. The predicted molar refractivity (Wildman–Crippen MR) is 133 cm³/mol. The molecule has 0 radical (unpaired) electrons. The van der Waals surface area contributed by atoms with E-state index in [0.717, 1.165) is 39.1 Å². The van der Waals surface area contributed by atoms with Gasteiger partial charge in [0.2, 0.25) is 0 Å². The largest absolute Gasteiger partial charge is 0.494 e. The number of fused-ring (bicyclic) bond motifs is 2. The molecular formula is C26H25N5O3. The first kappa shape index (κ1) is 21.5. The van der Waals surface area contributed by atoms with Crippen molar-refractivity contribution in [2.24, 2.45) is 0 Å². The van der Waals surface area contributed by atoms with Gasteiger partial charge in [0.25, 0.3) is 5.91 Å². The maximum absolute atomic E-state index is 12.5. The van der Waals surface area contributed by atoms with Crippen LogP contribution < -0.4 is 5.32 Å². The first-order valence-electron chi connectivity index (χ1n) is 10.9. The number of ether oxygens (including phenoxy) is 1. The molecule has 8 heteroatoms. The van der Waals surface area contributed by atoms with Gasteiger partial charge in [0.15, 0.2) is 11.5 Å². The molecule has 3 N–H and O–H groups in total. The van der Waals surface area contributed by atoms with E-state index in [4.69, 9.17) is 4.74 Å². The molecule has 0 unspecified atom stereocenters. The first-order valence-corrected chi connectivity index (χ1v) is 10.9. The van der Waals surface area contributed by atoms with Gasteiger partial charge in [0.1, 0.15) is 0 Å². The minimum Gasteiger partial charge on any atom is -0.494 e. The fourth-order valence-corrected chi connectivity index (χ4v) is 4.03. The maximum atomic E-state index is 12.5. The summed E-state index contributed by atoms with van der Waals surface area (Å²) in [5, 5.41) is 15.0. The molecule has 8 nitrogen and oxygen atoms in total. The molecule has 34 heavy (non-hydrogen) atoms. The topological polar surface area (TPSA) is 94.9 Å². The minimum atomic E-state index is -0.0451. The average Bonchev–Trinajstić information content (AvgIpc) is 3.50. The van der Waals surface area contributed by atoms with E-state index in [1.54, 1.807) is 31.5 Å². The highest BCUT2D eigenvalue weighted by Gasteiger charge is 2.13. The number of likely N-dealkylation sites (N-methyl/N-ethyl adjacent to an activating group) is 1. The summed E-state index contributed by atoms with van der Waals surface area (Å²) in [5.41, 5.74) is 5.12. The van der Waals surface area contributed by atoms with Gasteiger partial charge >= 0.3 is 0 Å². The van der Waals surface area contributed by atoms with Gasteiger partial charge in [0, 0.05) is 61.3 Å². The summed E-state index contributed by atoms with van der Waals surface area (Å²) in [5.74, 6) is 0.125. The van der Waals surface area contributed by atoms with E-state index < -0.39 is 0 Å². The van der Waals surface area contributed by atoms with Crippen molar-refractivity contribution in [2.45, 2.75) is 0 Å². The Balaban J connectivity index is 1.40. The second-order valence-corrected chi connectivity index (χ2v) is 8.11. The van der Waals surface area contributed by atoms with Crippen LogP contribution in [0.3, 0.4) is 0 Å². The van der Waals surface area contributed by atoms with E-state index in [2.05, 4.69) is 15.3 Å². The summed E-state index contributed by atoms with van der Waals surface area (Å²) in [6.45, 7) is 1.04. The Bertz CT molecular complexity index is 1470. The molecule has 0 aliphatic rings. The number of methoxy groups -OCH3 is 1. The molecule has 0 aliphatic heterocycles. The summed E-state index contributed by atoms with van der Waals surface area (Å²) in [6.07, 6.45) is 5.48. The number of carbonyl (C=O) groups excluding carboxylic acids is 1. The summed E-state index contributed by atoms with van der Waals surface area (Å²) in [4.78, 5) is 21.6. The van der Waals surface area contributed by atoms with Gasteiger partial charge in [-0.15, -0.1) is 0 Å². The van der Waals surface area contributed by atoms with E-state index in [9.17, 15) is 9.90 Å². The van der Waals surface area contributed by atoms with Crippen LogP contribution in [0, 0.1) is 0 Å². The third-order valence-corrected chi connectivity index (χ3v) is 5.90. The van der Waals surface area contributed by atoms with Crippen LogP contribution in [0.4, 0.5) is 11.4 Å². The lowest BCUT2D eigenvalue weighted by molar-refractivity contribution is 0.0744. The highest BCUT2D eigenvalue weighted by molar-refractivity contribution is 5.94. The van der Waals surface area contributed by atoms with E-state index in [0.29, 0.717) is 18.7 Å². The number of hydrogen-bond acceptors (Lipinski definition) is 5. The fourth-order valence-electron chi connectivity index (χ4n) is 4.03. The van der Waals surface area contributed by atoms with Crippen LogP contribution in [-0.4, -0.2) is 57.6 Å². The number of nitrogens with zero attached hydrogens (tertiary/aromatic N) is 3. The van der Waals surface area contributed by atoms with Crippen molar-refractivity contribution in [2.75, 3.05) is 32.6 Å². The molecule has 0 saturated heterocycles. The maximum Gasteiger partial charge on any atom is 0.253 e. The third kappa shape index (κ3) is 3.95. The van der Waals surface area contributed by atoms with Crippen LogP contribution in [-0.2, 0) is 4.74 Å². The summed E-state index contributed by atoms with van der Waals surface area (Å²) >= 11 is 0. The fraction of sp³-hybridized carbons (Fsp3) is 0.154. The van der Waals surface area contributed by atoms with Gasteiger partial charge in [-0.3, -0.25) is 9.20 Å². The molecule has 0 spiro atoms. The zero-order valence-electron chi connectivity index (χ0n) is 18.9. The highest BCUT2D eigenvalue weighted by atomic mass is 16.5. The van der Waals surface area contributed by atoms with Crippen LogP contribution in [0.2, 0.25) is 0 Å². The van der Waals surface area contributed by atoms with Crippen molar-refractivity contribution in [3.05, 3.63) is 78.8 Å². The second kappa shape index (κ2) is 8.92. The lowest BCUT2D eigenvalue weighted by atomic mass is 10.1. The molecule has 3 heterocycles. The quantitative estimate of drug-likeness (QED) is 0.332. The number of amides is 1. The van der Waals surface area contributed by atoms with Crippen molar-refractivity contribution in [3.63, 3.8) is 0 Å². The van der Waals surface area contributed by atoms with Crippen molar-refractivity contribution in [1.82, 2.24) is 19.3 Å². The van der Waals surface area contributed by atoms with Gasteiger partial charge in [-0.2, -0.15) is 0 Å². The molecule has 5 rings (SSSR count). The number of H-pyrrole nitrogens is 1. The average molecular weight is 456 g/mol. The number of rotatable bonds is 7. The second-order valence-electron chi connectivity index (χ2n) is 8.11. The normalized spacial score (nSPS) is 11.2. The number of anilines is 2. The van der Waals surface area contributed by atoms with E-state index in [1.165, 1.54) is 0 Å².